The summed E-state index contributed by atoms with van der Waals surface area (Å²) in [6.07, 6.45) is 0.220. The van der Waals surface area contributed by atoms with E-state index in [0.29, 0.717) is 13.0 Å². The summed E-state index contributed by atoms with van der Waals surface area (Å²) in [6, 6.07) is -0.139. The van der Waals surface area contributed by atoms with E-state index in [1.165, 1.54) is 0 Å². The van der Waals surface area contributed by atoms with Crippen LogP contribution in [-0.4, -0.2) is 29.6 Å². The first-order valence-corrected chi connectivity index (χ1v) is 4.37. The van der Waals surface area contributed by atoms with Crippen molar-refractivity contribution in [2.24, 2.45) is 5.41 Å². The van der Waals surface area contributed by atoms with Gasteiger partial charge in [-0.3, -0.25) is 4.79 Å². The summed E-state index contributed by atoms with van der Waals surface area (Å²) in [5, 5.41) is 12.2. The zero-order valence-electron chi connectivity index (χ0n) is 7.92. The number of carbonyl (C=O) groups excluding carboxylic acids is 1. The number of β-amino-alcohol motifs (C(OH)–C–C–N with tert-alkyl or cyclic N) is 1. The van der Waals surface area contributed by atoms with Crippen LogP contribution in [0.25, 0.3) is 0 Å². The van der Waals surface area contributed by atoms with Gasteiger partial charge in [-0.2, -0.15) is 0 Å². The smallest absolute Gasteiger partial charge is 0.155 e. The van der Waals surface area contributed by atoms with Crippen molar-refractivity contribution < 1.29 is 9.90 Å². The molecule has 3 nitrogen and oxygen atoms in total. The lowest BCUT2D eigenvalue weighted by Crippen LogP contribution is -2.38. The van der Waals surface area contributed by atoms with Crippen LogP contribution in [0.15, 0.2) is 0 Å². The molecule has 12 heavy (non-hydrogen) atoms. The first-order valence-electron chi connectivity index (χ1n) is 4.37. The van der Waals surface area contributed by atoms with Gasteiger partial charge >= 0.3 is 0 Å². The van der Waals surface area contributed by atoms with Crippen LogP contribution in [0.5, 0.6) is 0 Å². The van der Waals surface area contributed by atoms with Crippen molar-refractivity contribution in [2.45, 2.75) is 39.3 Å². The molecule has 1 saturated heterocycles. The Morgan fingerprint density at radius 3 is 2.42 bits per heavy atom. The molecule has 0 amide bonds. The lowest BCUT2D eigenvalue weighted by molar-refractivity contribution is -0.128. The number of aliphatic hydroxyl groups excluding tert-OH is 1. The van der Waals surface area contributed by atoms with Crippen molar-refractivity contribution in [2.75, 3.05) is 6.54 Å². The zero-order valence-corrected chi connectivity index (χ0v) is 7.92. The lowest BCUT2D eigenvalue weighted by atomic mass is 9.86. The highest BCUT2D eigenvalue weighted by atomic mass is 16.3. The molecule has 0 aromatic carbocycles. The average Bonchev–Trinajstić information content (AvgIpc) is 2.32. The van der Waals surface area contributed by atoms with E-state index in [1.54, 1.807) is 0 Å². The van der Waals surface area contributed by atoms with Crippen LogP contribution in [0.2, 0.25) is 0 Å². The molecule has 1 unspecified atom stereocenters. The van der Waals surface area contributed by atoms with E-state index >= 15 is 0 Å². The fourth-order valence-electron chi connectivity index (χ4n) is 1.44. The third kappa shape index (κ3) is 2.05. The Morgan fingerprint density at radius 1 is 1.50 bits per heavy atom. The Morgan fingerprint density at radius 2 is 2.08 bits per heavy atom. The van der Waals surface area contributed by atoms with Crippen molar-refractivity contribution >= 4 is 5.78 Å². The molecular weight excluding hydrogens is 154 g/mol. The van der Waals surface area contributed by atoms with Crippen LogP contribution >= 0.6 is 0 Å². The molecule has 0 aromatic heterocycles. The Hall–Kier alpha value is -0.410. The summed E-state index contributed by atoms with van der Waals surface area (Å²) in [6.45, 7) is 6.26. The molecule has 1 rings (SSSR count). The summed E-state index contributed by atoms with van der Waals surface area (Å²) in [5.74, 6) is 0.194. The first kappa shape index (κ1) is 9.68. The largest absolute Gasteiger partial charge is 0.392 e. The molecule has 0 aromatic rings. The van der Waals surface area contributed by atoms with Gasteiger partial charge < -0.3 is 10.4 Å². The molecule has 1 heterocycles. The normalized spacial score (nSPS) is 30.7. The van der Waals surface area contributed by atoms with E-state index in [1.807, 2.05) is 20.8 Å². The number of nitrogens with one attached hydrogen (secondary N) is 1. The maximum Gasteiger partial charge on any atom is 0.155 e. The van der Waals surface area contributed by atoms with Gasteiger partial charge in [0.1, 0.15) is 0 Å². The minimum atomic E-state index is -0.346. The zero-order chi connectivity index (χ0) is 9.35. The van der Waals surface area contributed by atoms with Gasteiger partial charge in [0.2, 0.25) is 0 Å². The van der Waals surface area contributed by atoms with Gasteiger partial charge in [0, 0.05) is 12.0 Å². The topological polar surface area (TPSA) is 49.3 Å². The summed E-state index contributed by atoms with van der Waals surface area (Å²) < 4.78 is 0. The Kier molecular flexibility index (Phi) is 2.54. The fraction of sp³-hybridized carbons (Fsp3) is 0.889. The maximum atomic E-state index is 11.6. The average molecular weight is 171 g/mol. The van der Waals surface area contributed by atoms with Crippen molar-refractivity contribution in [1.82, 2.24) is 5.32 Å². The van der Waals surface area contributed by atoms with Gasteiger partial charge in [-0.05, 0) is 6.42 Å². The number of hydrogen-bond acceptors (Lipinski definition) is 3. The van der Waals surface area contributed by atoms with Crippen molar-refractivity contribution in [3.8, 4) is 0 Å². The third-order valence-corrected chi connectivity index (χ3v) is 2.16. The van der Waals surface area contributed by atoms with Crippen LogP contribution in [0.1, 0.15) is 27.2 Å². The summed E-state index contributed by atoms with van der Waals surface area (Å²) >= 11 is 0. The SMILES string of the molecule is CC(C)(C)C(=O)C1C[C@@H](O)CN1. The highest BCUT2D eigenvalue weighted by molar-refractivity contribution is 5.89. The molecule has 0 saturated carbocycles. The van der Waals surface area contributed by atoms with Gasteiger partial charge in [-0.1, -0.05) is 20.8 Å². The monoisotopic (exact) mass is 171 g/mol. The van der Waals surface area contributed by atoms with Crippen LogP contribution in [0.3, 0.4) is 0 Å². The predicted molar refractivity (Wildman–Crippen MR) is 46.9 cm³/mol. The molecule has 1 fully saturated rings. The Labute approximate surface area is 73.2 Å². The summed E-state index contributed by atoms with van der Waals surface area (Å²) in [5.41, 5.74) is -0.304. The van der Waals surface area contributed by atoms with Crippen molar-refractivity contribution in [3.05, 3.63) is 0 Å². The highest BCUT2D eigenvalue weighted by Gasteiger charge is 2.34. The van der Waals surface area contributed by atoms with E-state index in [2.05, 4.69) is 5.32 Å². The highest BCUT2D eigenvalue weighted by Crippen LogP contribution is 2.21. The Balaban J connectivity index is 2.55. The number of rotatable bonds is 1. The van der Waals surface area contributed by atoms with Crippen LogP contribution in [0.4, 0.5) is 0 Å². The second kappa shape index (κ2) is 3.15. The van der Waals surface area contributed by atoms with Gasteiger partial charge in [-0.25, -0.2) is 0 Å². The third-order valence-electron chi connectivity index (χ3n) is 2.16. The second-order valence-electron chi connectivity index (χ2n) is 4.46. The molecule has 2 N–H and O–H groups in total. The number of hydrogen-bond donors (Lipinski definition) is 2. The van der Waals surface area contributed by atoms with E-state index < -0.39 is 0 Å². The molecule has 2 atom stereocenters. The van der Waals surface area contributed by atoms with E-state index in [-0.39, 0.29) is 23.3 Å². The fourth-order valence-corrected chi connectivity index (χ4v) is 1.44. The summed E-state index contributed by atoms with van der Waals surface area (Å²) in [4.78, 5) is 11.6. The number of Topliss-reactive ketones (excluding diaryl/α,β-unsaturated/α-hetero) is 1. The minimum absolute atomic E-state index is 0.139. The van der Waals surface area contributed by atoms with Crippen molar-refractivity contribution in [3.63, 3.8) is 0 Å². The molecule has 0 spiro atoms. The number of aliphatic hydroxyl groups is 1. The van der Waals surface area contributed by atoms with Gasteiger partial charge in [0.15, 0.2) is 5.78 Å². The summed E-state index contributed by atoms with van der Waals surface area (Å²) in [7, 11) is 0. The standard InChI is InChI=1S/C9H17NO2/c1-9(2,3)8(12)7-4-6(11)5-10-7/h6-7,10-11H,4-5H2,1-3H3/t6-,7?/m1/s1. The Bertz CT molecular complexity index is 183. The van der Waals surface area contributed by atoms with E-state index in [9.17, 15) is 9.90 Å². The molecule has 0 radical (unpaired) electrons. The van der Waals surface area contributed by atoms with Gasteiger partial charge in [-0.15, -0.1) is 0 Å². The molecule has 1 aliphatic heterocycles. The molecule has 1 aliphatic rings. The first-order chi connectivity index (χ1) is 5.41. The minimum Gasteiger partial charge on any atom is -0.392 e. The molecule has 0 aliphatic carbocycles. The molecule has 70 valence electrons. The quantitative estimate of drug-likeness (QED) is 0.597. The van der Waals surface area contributed by atoms with Gasteiger partial charge in [0.25, 0.3) is 0 Å². The molecule has 0 bridgehead atoms. The lowest BCUT2D eigenvalue weighted by Gasteiger charge is -2.21. The van der Waals surface area contributed by atoms with Crippen LogP contribution in [-0.2, 0) is 4.79 Å². The molecule has 3 heteroatoms. The predicted octanol–water partition coefficient (Wildman–Crippen LogP) is 0.324. The van der Waals surface area contributed by atoms with Gasteiger partial charge in [0.05, 0.1) is 12.1 Å². The number of carbonyl (C=O) groups is 1. The second-order valence-corrected chi connectivity index (χ2v) is 4.46. The van der Waals surface area contributed by atoms with Crippen LogP contribution < -0.4 is 5.32 Å². The van der Waals surface area contributed by atoms with E-state index in [0.717, 1.165) is 0 Å². The maximum absolute atomic E-state index is 11.6. The number of ketones is 1. The molecular formula is C9H17NO2. The van der Waals surface area contributed by atoms with Crippen molar-refractivity contribution in [1.29, 1.82) is 0 Å². The van der Waals surface area contributed by atoms with Crippen LogP contribution in [0, 0.1) is 5.41 Å². The van der Waals surface area contributed by atoms with E-state index in [4.69, 9.17) is 0 Å².